The highest BCUT2D eigenvalue weighted by Crippen LogP contribution is 2.45. The van der Waals surface area contributed by atoms with Crippen LogP contribution in [0.5, 0.6) is 0 Å². The van der Waals surface area contributed by atoms with Crippen LogP contribution in [-0.4, -0.2) is 14.5 Å². The standard InChI is InChI=1S/C52H31N3/c1-2-12-32(13-3-1)33-22-24-35(25-23-33)50-52(53-45-28-26-34-14-6-7-17-38(34)51(45)54-50)55-46-29-27-43-41-20-9-8-18-39(41)40-19-10-11-21-42(40)48(43)49(46)44-30-36-15-4-5-16-37(36)31-47(44)55/h1-31H. The zero-order valence-corrected chi connectivity index (χ0v) is 29.7. The van der Waals surface area contributed by atoms with E-state index in [0.717, 1.165) is 49.9 Å². The number of fused-ring (bicyclic) bond motifs is 14. The van der Waals surface area contributed by atoms with E-state index >= 15 is 0 Å². The van der Waals surface area contributed by atoms with Crippen LogP contribution in [0.1, 0.15) is 0 Å². The molecule has 3 nitrogen and oxygen atoms in total. The Balaban J connectivity index is 1.26. The van der Waals surface area contributed by atoms with Crippen LogP contribution in [-0.2, 0) is 0 Å². The van der Waals surface area contributed by atoms with Gasteiger partial charge in [-0.25, -0.2) is 9.97 Å². The molecular weight excluding hydrogens is 667 g/mol. The van der Waals surface area contributed by atoms with Gasteiger partial charge < -0.3 is 0 Å². The molecule has 0 aliphatic heterocycles. The highest BCUT2D eigenvalue weighted by molar-refractivity contribution is 6.35. The summed E-state index contributed by atoms with van der Waals surface area (Å²) in [6.45, 7) is 0. The lowest BCUT2D eigenvalue weighted by Crippen LogP contribution is -2.04. The third-order valence-corrected chi connectivity index (χ3v) is 11.5. The molecule has 10 aromatic carbocycles. The third-order valence-electron chi connectivity index (χ3n) is 11.5. The summed E-state index contributed by atoms with van der Waals surface area (Å²) in [7, 11) is 0. The van der Waals surface area contributed by atoms with Crippen molar-refractivity contribution in [2.45, 2.75) is 0 Å². The predicted molar refractivity (Wildman–Crippen MR) is 232 cm³/mol. The molecule has 2 aromatic heterocycles. The minimum absolute atomic E-state index is 0.815. The monoisotopic (exact) mass is 697 g/mol. The van der Waals surface area contributed by atoms with Gasteiger partial charge >= 0.3 is 0 Å². The van der Waals surface area contributed by atoms with Gasteiger partial charge in [0.15, 0.2) is 5.82 Å². The summed E-state index contributed by atoms with van der Waals surface area (Å²) >= 11 is 0. The molecule has 2 heterocycles. The van der Waals surface area contributed by atoms with Crippen LogP contribution >= 0.6 is 0 Å². The lowest BCUT2D eigenvalue weighted by Gasteiger charge is -2.16. The van der Waals surface area contributed by atoms with Crippen LogP contribution in [0.15, 0.2) is 188 Å². The van der Waals surface area contributed by atoms with E-state index in [4.69, 9.17) is 9.97 Å². The predicted octanol–water partition coefficient (Wildman–Crippen LogP) is 13.8. The summed E-state index contributed by atoms with van der Waals surface area (Å²) in [5, 5.41) is 14.6. The fourth-order valence-electron chi connectivity index (χ4n) is 9.00. The maximum atomic E-state index is 5.60. The lowest BCUT2D eigenvalue weighted by atomic mass is 9.91. The molecule has 0 fully saturated rings. The van der Waals surface area contributed by atoms with E-state index in [0.29, 0.717) is 0 Å². The van der Waals surface area contributed by atoms with Crippen molar-refractivity contribution in [3.8, 4) is 28.2 Å². The molecule has 0 unspecified atom stereocenters. The van der Waals surface area contributed by atoms with Crippen LogP contribution in [0.25, 0.3) is 115 Å². The first-order valence-corrected chi connectivity index (χ1v) is 18.8. The largest absolute Gasteiger partial charge is 0.292 e. The minimum atomic E-state index is 0.815. The van der Waals surface area contributed by atoms with E-state index in [9.17, 15) is 0 Å². The van der Waals surface area contributed by atoms with Gasteiger partial charge in [0.1, 0.15) is 5.69 Å². The van der Waals surface area contributed by atoms with Gasteiger partial charge in [-0.1, -0.05) is 164 Å². The van der Waals surface area contributed by atoms with Crippen molar-refractivity contribution in [2.24, 2.45) is 0 Å². The van der Waals surface area contributed by atoms with Crippen LogP contribution < -0.4 is 0 Å². The average Bonchev–Trinajstić information content (AvgIpc) is 3.58. The summed E-state index contributed by atoms with van der Waals surface area (Å²) in [6, 6.07) is 67.8. The maximum Gasteiger partial charge on any atom is 0.165 e. The van der Waals surface area contributed by atoms with Gasteiger partial charge in [0, 0.05) is 27.1 Å². The van der Waals surface area contributed by atoms with Gasteiger partial charge in [-0.2, -0.15) is 0 Å². The maximum absolute atomic E-state index is 5.60. The van der Waals surface area contributed by atoms with Gasteiger partial charge in [0.2, 0.25) is 0 Å². The molecule has 12 rings (SSSR count). The molecule has 0 N–H and O–H groups in total. The number of benzene rings is 10. The first-order chi connectivity index (χ1) is 27.3. The topological polar surface area (TPSA) is 30.7 Å². The number of nitrogens with zero attached hydrogens (tertiary/aromatic N) is 3. The molecular formula is C52H31N3. The summed E-state index contributed by atoms with van der Waals surface area (Å²) in [4.78, 5) is 11.2. The quantitative estimate of drug-likeness (QED) is 0.172. The van der Waals surface area contributed by atoms with Gasteiger partial charge in [0.05, 0.1) is 22.1 Å². The first kappa shape index (κ1) is 30.1. The number of hydrogen-bond acceptors (Lipinski definition) is 2. The molecule has 0 spiro atoms. The molecule has 0 saturated carbocycles. The highest BCUT2D eigenvalue weighted by atomic mass is 15.1. The fraction of sp³-hybridized carbons (Fsp3) is 0. The SMILES string of the molecule is c1ccc(-c2ccc(-c3nc4c(ccc5ccccc54)nc3-n3c4cc5ccccc5cc4c4c5c6ccccc6c6ccccc6c5ccc43)cc2)cc1. The van der Waals surface area contributed by atoms with E-state index in [1.165, 1.54) is 65.0 Å². The Labute approximate surface area is 316 Å². The Morgan fingerprint density at radius 2 is 0.891 bits per heavy atom. The Hall–Kier alpha value is -7.36. The van der Waals surface area contributed by atoms with Crippen molar-refractivity contribution >= 4 is 86.7 Å². The normalized spacial score (nSPS) is 12.0. The highest BCUT2D eigenvalue weighted by Gasteiger charge is 2.23. The van der Waals surface area contributed by atoms with E-state index < -0.39 is 0 Å². The molecule has 0 aliphatic rings. The van der Waals surface area contributed by atoms with Gasteiger partial charge in [0.25, 0.3) is 0 Å². The third kappa shape index (κ3) is 4.44. The molecule has 0 bridgehead atoms. The number of aromatic nitrogens is 3. The molecule has 0 atom stereocenters. The zero-order valence-electron chi connectivity index (χ0n) is 29.7. The molecule has 55 heavy (non-hydrogen) atoms. The van der Waals surface area contributed by atoms with E-state index in [1.54, 1.807) is 0 Å². The van der Waals surface area contributed by atoms with Crippen molar-refractivity contribution in [1.82, 2.24) is 14.5 Å². The number of rotatable bonds is 3. The second-order valence-electron chi connectivity index (χ2n) is 14.5. The van der Waals surface area contributed by atoms with Gasteiger partial charge in [-0.3, -0.25) is 4.57 Å². The van der Waals surface area contributed by atoms with Gasteiger partial charge in [-0.05, 0) is 78.5 Å². The van der Waals surface area contributed by atoms with Crippen molar-refractivity contribution < 1.29 is 0 Å². The van der Waals surface area contributed by atoms with Crippen LogP contribution in [0, 0.1) is 0 Å². The van der Waals surface area contributed by atoms with E-state index in [-0.39, 0.29) is 0 Å². The fourth-order valence-corrected chi connectivity index (χ4v) is 9.00. The average molecular weight is 698 g/mol. The summed E-state index contributed by atoms with van der Waals surface area (Å²) in [6.07, 6.45) is 0. The van der Waals surface area contributed by atoms with Crippen LogP contribution in [0.3, 0.4) is 0 Å². The van der Waals surface area contributed by atoms with Crippen molar-refractivity contribution in [3.05, 3.63) is 188 Å². The van der Waals surface area contributed by atoms with E-state index in [2.05, 4.69) is 193 Å². The Morgan fingerprint density at radius 3 is 1.64 bits per heavy atom. The van der Waals surface area contributed by atoms with Crippen LogP contribution in [0.4, 0.5) is 0 Å². The van der Waals surface area contributed by atoms with E-state index in [1.807, 2.05) is 0 Å². The van der Waals surface area contributed by atoms with Crippen molar-refractivity contribution in [1.29, 1.82) is 0 Å². The van der Waals surface area contributed by atoms with Crippen molar-refractivity contribution in [3.63, 3.8) is 0 Å². The Bertz CT molecular complexity index is 3490. The molecule has 12 aromatic rings. The summed E-state index contributed by atoms with van der Waals surface area (Å²) in [5.41, 5.74) is 8.20. The molecule has 0 saturated heterocycles. The smallest absolute Gasteiger partial charge is 0.165 e. The Morgan fingerprint density at radius 1 is 0.327 bits per heavy atom. The van der Waals surface area contributed by atoms with Crippen molar-refractivity contribution in [2.75, 3.05) is 0 Å². The number of hydrogen-bond donors (Lipinski definition) is 0. The zero-order chi connectivity index (χ0) is 36.0. The van der Waals surface area contributed by atoms with Crippen LogP contribution in [0.2, 0.25) is 0 Å². The molecule has 0 radical (unpaired) electrons. The molecule has 254 valence electrons. The molecule has 3 heteroatoms. The molecule has 0 amide bonds. The Kier molecular flexibility index (Phi) is 6.34. The molecule has 0 aliphatic carbocycles. The summed E-state index contributed by atoms with van der Waals surface area (Å²) in [5.74, 6) is 0.815. The summed E-state index contributed by atoms with van der Waals surface area (Å²) < 4.78 is 2.38. The first-order valence-electron chi connectivity index (χ1n) is 18.8. The van der Waals surface area contributed by atoms with Gasteiger partial charge in [-0.15, -0.1) is 0 Å². The lowest BCUT2D eigenvalue weighted by molar-refractivity contribution is 1.08. The second kappa shape index (κ2) is 11.6. The minimum Gasteiger partial charge on any atom is -0.292 e. The second-order valence-corrected chi connectivity index (χ2v) is 14.5.